The maximum Gasteiger partial charge on any atom is 0.147 e. The third kappa shape index (κ3) is 1.76. The Kier molecular flexibility index (Phi) is 3.02. The van der Waals surface area contributed by atoms with Gasteiger partial charge in [-0.25, -0.2) is 0 Å². The normalized spacial score (nSPS) is 27.9. The van der Waals surface area contributed by atoms with Gasteiger partial charge >= 0.3 is 0 Å². The van der Waals surface area contributed by atoms with Crippen LogP contribution in [0.5, 0.6) is 0 Å². The third-order valence-electron chi connectivity index (χ3n) is 3.50. The van der Waals surface area contributed by atoms with Crippen molar-refractivity contribution in [2.24, 2.45) is 0 Å². The molecule has 0 amide bonds. The third-order valence-corrected chi connectivity index (χ3v) is 3.50. The van der Waals surface area contributed by atoms with E-state index in [1.807, 2.05) is 0 Å². The molecule has 0 N–H and O–H groups in total. The highest BCUT2D eigenvalue weighted by molar-refractivity contribution is 5.75. The number of aldehydes is 1. The van der Waals surface area contributed by atoms with Gasteiger partial charge < -0.3 is 0 Å². The van der Waals surface area contributed by atoms with Crippen LogP contribution >= 0.6 is 0 Å². The molecule has 1 unspecified atom stereocenters. The van der Waals surface area contributed by atoms with Gasteiger partial charge in [0.2, 0.25) is 0 Å². The predicted octanol–water partition coefficient (Wildman–Crippen LogP) is 2.15. The Morgan fingerprint density at radius 1 is 1.57 bits per heavy atom. The van der Waals surface area contributed by atoms with Crippen LogP contribution in [0.1, 0.15) is 39.0 Å². The molecule has 0 spiro atoms. The van der Waals surface area contributed by atoms with Gasteiger partial charge in [0, 0.05) is 18.2 Å². The highest BCUT2D eigenvalue weighted by Gasteiger charge is 2.30. The summed E-state index contributed by atoms with van der Waals surface area (Å²) in [5, 5.41) is 0. The number of fused-ring (bicyclic) bond motifs is 1. The van der Waals surface area contributed by atoms with Crippen LogP contribution < -0.4 is 0 Å². The van der Waals surface area contributed by atoms with E-state index in [4.69, 9.17) is 0 Å². The van der Waals surface area contributed by atoms with Crippen LogP contribution in [0.15, 0.2) is 11.1 Å². The minimum Gasteiger partial charge on any atom is -0.298 e. The molecule has 2 nitrogen and oxygen atoms in total. The largest absolute Gasteiger partial charge is 0.298 e. The molecule has 0 aromatic heterocycles. The van der Waals surface area contributed by atoms with Crippen LogP contribution in [-0.2, 0) is 4.79 Å². The molecule has 1 saturated heterocycles. The Morgan fingerprint density at radius 2 is 2.43 bits per heavy atom. The van der Waals surface area contributed by atoms with Crippen LogP contribution in [-0.4, -0.2) is 30.3 Å². The number of nitrogens with zero attached hydrogens (tertiary/aromatic N) is 1. The van der Waals surface area contributed by atoms with E-state index in [1.165, 1.54) is 31.4 Å². The molecular weight excluding hydrogens is 174 g/mol. The quantitative estimate of drug-likeness (QED) is 0.640. The molecule has 2 aliphatic heterocycles. The van der Waals surface area contributed by atoms with Gasteiger partial charge in [-0.3, -0.25) is 9.69 Å². The molecular formula is C12H19NO. The summed E-state index contributed by atoms with van der Waals surface area (Å²) in [5.74, 6) is 0. The van der Waals surface area contributed by atoms with Crippen LogP contribution in [0, 0.1) is 0 Å². The van der Waals surface area contributed by atoms with Crippen molar-refractivity contribution >= 4 is 6.29 Å². The predicted molar refractivity (Wildman–Crippen MR) is 57.2 cm³/mol. The fourth-order valence-corrected chi connectivity index (χ4v) is 2.77. The highest BCUT2D eigenvalue weighted by Crippen LogP contribution is 2.31. The summed E-state index contributed by atoms with van der Waals surface area (Å²) in [6, 6.07) is 0.750. The van der Waals surface area contributed by atoms with Crippen molar-refractivity contribution in [3.8, 4) is 0 Å². The zero-order valence-electron chi connectivity index (χ0n) is 8.96. The lowest BCUT2D eigenvalue weighted by atomic mass is 9.92. The van der Waals surface area contributed by atoms with Gasteiger partial charge in [-0.05, 0) is 32.2 Å². The fraction of sp³-hybridized carbons (Fsp3) is 0.750. The average Bonchev–Trinajstić information content (AvgIpc) is 2.64. The molecule has 2 heterocycles. The first-order valence-corrected chi connectivity index (χ1v) is 5.75. The summed E-state index contributed by atoms with van der Waals surface area (Å²) in [5.41, 5.74) is 2.51. The van der Waals surface area contributed by atoms with Crippen LogP contribution in [0.2, 0.25) is 0 Å². The smallest absolute Gasteiger partial charge is 0.147 e. The Morgan fingerprint density at radius 3 is 3.14 bits per heavy atom. The maximum absolute atomic E-state index is 10.9. The molecule has 0 radical (unpaired) electrons. The monoisotopic (exact) mass is 193 g/mol. The van der Waals surface area contributed by atoms with Gasteiger partial charge in [-0.2, -0.15) is 0 Å². The van der Waals surface area contributed by atoms with Crippen LogP contribution in [0.4, 0.5) is 0 Å². The highest BCUT2D eigenvalue weighted by atomic mass is 16.1. The summed E-state index contributed by atoms with van der Waals surface area (Å²) < 4.78 is 0. The molecule has 2 aliphatic rings. The van der Waals surface area contributed by atoms with Crippen molar-refractivity contribution < 1.29 is 4.79 Å². The van der Waals surface area contributed by atoms with Crippen molar-refractivity contribution in [3.05, 3.63) is 11.1 Å². The topological polar surface area (TPSA) is 20.3 Å². The first kappa shape index (κ1) is 9.91. The minimum atomic E-state index is 0.750. The van der Waals surface area contributed by atoms with E-state index in [-0.39, 0.29) is 0 Å². The van der Waals surface area contributed by atoms with E-state index in [1.54, 1.807) is 0 Å². The minimum absolute atomic E-state index is 0.750. The Bertz CT molecular complexity index is 257. The molecule has 1 atom stereocenters. The zero-order chi connectivity index (χ0) is 9.97. The van der Waals surface area contributed by atoms with E-state index in [2.05, 4.69) is 11.8 Å². The second kappa shape index (κ2) is 4.26. The van der Waals surface area contributed by atoms with Crippen molar-refractivity contribution in [1.29, 1.82) is 0 Å². The van der Waals surface area contributed by atoms with Gasteiger partial charge in [-0.1, -0.05) is 18.9 Å². The number of carbonyl (C=O) groups is 1. The first-order chi connectivity index (χ1) is 6.85. The van der Waals surface area contributed by atoms with Gasteiger partial charge in [0.05, 0.1) is 0 Å². The van der Waals surface area contributed by atoms with E-state index in [0.717, 1.165) is 37.3 Å². The van der Waals surface area contributed by atoms with E-state index < -0.39 is 0 Å². The van der Waals surface area contributed by atoms with Crippen molar-refractivity contribution in [2.45, 2.75) is 45.1 Å². The van der Waals surface area contributed by atoms with E-state index in [9.17, 15) is 4.79 Å². The number of hydrogen-bond acceptors (Lipinski definition) is 2. The van der Waals surface area contributed by atoms with Gasteiger partial charge in [0.25, 0.3) is 0 Å². The van der Waals surface area contributed by atoms with Gasteiger partial charge in [0.15, 0.2) is 0 Å². The molecule has 14 heavy (non-hydrogen) atoms. The van der Waals surface area contributed by atoms with Crippen molar-refractivity contribution in [3.63, 3.8) is 0 Å². The van der Waals surface area contributed by atoms with Crippen LogP contribution in [0.3, 0.4) is 0 Å². The van der Waals surface area contributed by atoms with E-state index in [0.29, 0.717) is 0 Å². The maximum atomic E-state index is 10.9. The Balaban J connectivity index is 2.13. The van der Waals surface area contributed by atoms with Crippen molar-refractivity contribution in [1.82, 2.24) is 4.90 Å². The van der Waals surface area contributed by atoms with Crippen molar-refractivity contribution in [2.75, 3.05) is 13.1 Å². The second-order valence-corrected chi connectivity index (χ2v) is 4.47. The zero-order valence-corrected chi connectivity index (χ0v) is 8.96. The molecule has 78 valence electrons. The summed E-state index contributed by atoms with van der Waals surface area (Å²) >= 11 is 0. The molecule has 2 rings (SSSR count). The lowest BCUT2D eigenvalue weighted by molar-refractivity contribution is -0.105. The number of hydrogen-bond donors (Lipinski definition) is 0. The standard InChI is InChI=1S/C12H19NO/c1-2-4-10-7-12-5-3-6-13(12)8-11(10)9-14/h9,12H,2-8H2,1H3. The Hall–Kier alpha value is -0.630. The van der Waals surface area contributed by atoms with Gasteiger partial charge in [-0.15, -0.1) is 0 Å². The molecule has 0 bridgehead atoms. The Labute approximate surface area is 86.0 Å². The lowest BCUT2D eigenvalue weighted by Gasteiger charge is -2.31. The molecule has 0 saturated carbocycles. The SMILES string of the molecule is CCCC1=C(C=O)CN2CCCC2C1. The summed E-state index contributed by atoms with van der Waals surface area (Å²) in [4.78, 5) is 13.4. The molecule has 2 heteroatoms. The van der Waals surface area contributed by atoms with Gasteiger partial charge in [0.1, 0.15) is 6.29 Å². The lowest BCUT2D eigenvalue weighted by Crippen LogP contribution is -2.36. The number of rotatable bonds is 3. The first-order valence-electron chi connectivity index (χ1n) is 5.75. The summed E-state index contributed by atoms with van der Waals surface area (Å²) in [7, 11) is 0. The average molecular weight is 193 g/mol. The fourth-order valence-electron chi connectivity index (χ4n) is 2.77. The van der Waals surface area contributed by atoms with E-state index >= 15 is 0 Å². The molecule has 0 aliphatic carbocycles. The second-order valence-electron chi connectivity index (χ2n) is 4.47. The molecule has 0 aromatic rings. The summed E-state index contributed by atoms with van der Waals surface area (Å²) in [6.07, 6.45) is 7.18. The molecule has 1 fully saturated rings. The summed E-state index contributed by atoms with van der Waals surface area (Å²) in [6.45, 7) is 4.31. The molecule has 0 aromatic carbocycles. The number of carbonyl (C=O) groups excluding carboxylic acids is 1. The van der Waals surface area contributed by atoms with Crippen LogP contribution in [0.25, 0.3) is 0 Å².